The van der Waals surface area contributed by atoms with E-state index in [1.807, 2.05) is 0 Å². The van der Waals surface area contributed by atoms with Crippen LogP contribution in [0.25, 0.3) is 0 Å². The Kier molecular flexibility index (Phi) is 4.90. The number of methoxy groups -OCH3 is 1. The zero-order chi connectivity index (χ0) is 12.1. The van der Waals surface area contributed by atoms with Crippen LogP contribution < -0.4 is 8.27 Å². The van der Waals surface area contributed by atoms with E-state index in [1.54, 1.807) is 35.0 Å². The van der Waals surface area contributed by atoms with Crippen molar-refractivity contribution in [1.29, 1.82) is 0 Å². The highest BCUT2D eigenvalue weighted by Gasteiger charge is 2.16. The molecule has 1 N–H and O–H groups in total. The minimum atomic E-state index is -0.221. The van der Waals surface area contributed by atoms with Crippen molar-refractivity contribution < 1.29 is 9.53 Å². The SMILES string of the molecule is C#CCc1c(C(=O)NI)ccc(Cl)c1OC. The molecule has 0 fully saturated rings. The van der Waals surface area contributed by atoms with Gasteiger partial charge in [0.1, 0.15) is 5.75 Å². The number of nitrogens with one attached hydrogen (secondary N) is 1. The maximum Gasteiger partial charge on any atom is 0.260 e. The summed E-state index contributed by atoms with van der Waals surface area (Å²) in [6.07, 6.45) is 5.56. The first-order valence-electron chi connectivity index (χ1n) is 4.35. The van der Waals surface area contributed by atoms with E-state index in [2.05, 4.69) is 9.45 Å². The van der Waals surface area contributed by atoms with Gasteiger partial charge < -0.3 is 4.74 Å². The van der Waals surface area contributed by atoms with Crippen molar-refractivity contribution in [3.8, 4) is 18.1 Å². The van der Waals surface area contributed by atoms with E-state index in [9.17, 15) is 4.79 Å². The van der Waals surface area contributed by atoms with E-state index in [0.29, 0.717) is 28.3 Å². The van der Waals surface area contributed by atoms with Crippen molar-refractivity contribution in [1.82, 2.24) is 3.53 Å². The van der Waals surface area contributed by atoms with Gasteiger partial charge in [-0.05, 0) is 12.1 Å². The van der Waals surface area contributed by atoms with Crippen molar-refractivity contribution >= 4 is 40.4 Å². The number of amides is 1. The first-order chi connectivity index (χ1) is 7.65. The van der Waals surface area contributed by atoms with Gasteiger partial charge in [0.15, 0.2) is 0 Å². The monoisotopic (exact) mass is 349 g/mol. The molecular formula is C11H9ClINO2. The van der Waals surface area contributed by atoms with Gasteiger partial charge in [0, 0.05) is 17.5 Å². The number of terminal acetylenes is 1. The van der Waals surface area contributed by atoms with E-state index in [-0.39, 0.29) is 5.91 Å². The molecule has 0 unspecified atom stereocenters. The third-order valence-electron chi connectivity index (χ3n) is 2.03. The van der Waals surface area contributed by atoms with Gasteiger partial charge in [0.25, 0.3) is 5.91 Å². The van der Waals surface area contributed by atoms with Crippen LogP contribution in [0.15, 0.2) is 12.1 Å². The quantitative estimate of drug-likeness (QED) is 0.517. The van der Waals surface area contributed by atoms with Crippen LogP contribution in [0.3, 0.4) is 0 Å². The molecule has 1 aromatic carbocycles. The molecule has 5 heteroatoms. The Morgan fingerprint density at radius 2 is 2.38 bits per heavy atom. The summed E-state index contributed by atoms with van der Waals surface area (Å²) in [5, 5.41) is 0.442. The topological polar surface area (TPSA) is 38.3 Å². The smallest absolute Gasteiger partial charge is 0.260 e. The molecule has 0 atom stereocenters. The van der Waals surface area contributed by atoms with Crippen molar-refractivity contribution in [3.05, 3.63) is 28.3 Å². The first-order valence-corrected chi connectivity index (χ1v) is 5.81. The summed E-state index contributed by atoms with van der Waals surface area (Å²) in [4.78, 5) is 11.6. The van der Waals surface area contributed by atoms with Gasteiger partial charge >= 0.3 is 0 Å². The van der Waals surface area contributed by atoms with Crippen LogP contribution in [0.5, 0.6) is 5.75 Å². The fourth-order valence-corrected chi connectivity index (χ4v) is 1.91. The second-order valence-corrected chi connectivity index (χ2v) is 3.86. The van der Waals surface area contributed by atoms with Gasteiger partial charge in [-0.25, -0.2) is 0 Å². The Balaban J connectivity index is 3.39. The van der Waals surface area contributed by atoms with Crippen molar-refractivity contribution in [2.24, 2.45) is 0 Å². The lowest BCUT2D eigenvalue weighted by Gasteiger charge is -2.12. The van der Waals surface area contributed by atoms with Gasteiger partial charge in [-0.3, -0.25) is 8.32 Å². The van der Waals surface area contributed by atoms with E-state index in [4.69, 9.17) is 22.8 Å². The fourth-order valence-electron chi connectivity index (χ4n) is 1.36. The Morgan fingerprint density at radius 1 is 1.69 bits per heavy atom. The zero-order valence-corrected chi connectivity index (χ0v) is 11.4. The average molecular weight is 350 g/mol. The third-order valence-corrected chi connectivity index (χ3v) is 2.81. The minimum Gasteiger partial charge on any atom is -0.495 e. The summed E-state index contributed by atoms with van der Waals surface area (Å²) >= 11 is 7.73. The van der Waals surface area contributed by atoms with Gasteiger partial charge in [0.2, 0.25) is 0 Å². The Bertz CT molecular complexity index is 454. The Labute approximate surface area is 113 Å². The van der Waals surface area contributed by atoms with Crippen molar-refractivity contribution in [2.75, 3.05) is 7.11 Å². The molecule has 84 valence electrons. The zero-order valence-electron chi connectivity index (χ0n) is 8.51. The number of rotatable bonds is 3. The molecule has 0 saturated heterocycles. The predicted molar refractivity (Wildman–Crippen MR) is 72.0 cm³/mol. The summed E-state index contributed by atoms with van der Waals surface area (Å²) in [6.45, 7) is 0. The molecule has 0 aliphatic carbocycles. The van der Waals surface area contributed by atoms with Crippen LogP contribution in [-0.2, 0) is 6.42 Å². The standard InChI is InChI=1S/C11H9ClINO2/c1-3-4-7-8(11(15)14-13)5-6-9(12)10(7)16-2/h1,5-6H,4H2,2H3,(H,14,15). The van der Waals surface area contributed by atoms with Crippen LogP contribution in [0.4, 0.5) is 0 Å². The van der Waals surface area contributed by atoms with E-state index >= 15 is 0 Å². The number of carbonyl (C=O) groups is 1. The van der Waals surface area contributed by atoms with E-state index in [1.165, 1.54) is 7.11 Å². The van der Waals surface area contributed by atoms with Crippen LogP contribution in [0.2, 0.25) is 5.02 Å². The molecule has 0 heterocycles. The van der Waals surface area contributed by atoms with Gasteiger partial charge in [0.05, 0.1) is 35.0 Å². The molecule has 0 aromatic heterocycles. The minimum absolute atomic E-state index is 0.221. The number of ether oxygens (including phenoxy) is 1. The second kappa shape index (κ2) is 5.97. The molecule has 3 nitrogen and oxygen atoms in total. The lowest BCUT2D eigenvalue weighted by atomic mass is 10.0. The van der Waals surface area contributed by atoms with Crippen LogP contribution in [0, 0.1) is 12.3 Å². The third kappa shape index (κ3) is 2.60. The lowest BCUT2D eigenvalue weighted by Crippen LogP contribution is -2.15. The maximum absolute atomic E-state index is 11.6. The number of hydrogen-bond donors (Lipinski definition) is 1. The molecule has 1 aromatic rings. The highest BCUT2D eigenvalue weighted by molar-refractivity contribution is 14.1. The largest absolute Gasteiger partial charge is 0.495 e. The molecule has 0 aliphatic rings. The average Bonchev–Trinajstić information content (AvgIpc) is 2.29. The summed E-state index contributed by atoms with van der Waals surface area (Å²) in [5.41, 5.74) is 1.11. The van der Waals surface area contributed by atoms with Gasteiger partial charge in [-0.1, -0.05) is 11.6 Å². The van der Waals surface area contributed by atoms with Crippen LogP contribution >= 0.6 is 34.5 Å². The Morgan fingerprint density at radius 3 is 2.88 bits per heavy atom. The normalized spacial score (nSPS) is 9.38. The molecule has 0 spiro atoms. The number of hydrogen-bond acceptors (Lipinski definition) is 2. The maximum atomic E-state index is 11.6. The molecule has 0 saturated carbocycles. The predicted octanol–water partition coefficient (Wildman–Crippen LogP) is 2.60. The highest BCUT2D eigenvalue weighted by atomic mass is 127. The molecule has 1 amide bonds. The van der Waals surface area contributed by atoms with E-state index < -0.39 is 0 Å². The van der Waals surface area contributed by atoms with Crippen LogP contribution in [-0.4, -0.2) is 13.0 Å². The van der Waals surface area contributed by atoms with Crippen LogP contribution in [0.1, 0.15) is 15.9 Å². The van der Waals surface area contributed by atoms with Crippen molar-refractivity contribution in [2.45, 2.75) is 6.42 Å². The van der Waals surface area contributed by atoms with Gasteiger partial charge in [-0.15, -0.1) is 12.3 Å². The van der Waals surface area contributed by atoms with Gasteiger partial charge in [-0.2, -0.15) is 0 Å². The summed E-state index contributed by atoms with van der Waals surface area (Å²) in [5.74, 6) is 2.72. The molecule has 1 rings (SSSR count). The molecule has 16 heavy (non-hydrogen) atoms. The lowest BCUT2D eigenvalue weighted by molar-refractivity contribution is 0.0988. The summed E-state index contributed by atoms with van der Waals surface area (Å²) in [7, 11) is 1.49. The summed E-state index contributed by atoms with van der Waals surface area (Å²) < 4.78 is 7.67. The second-order valence-electron chi connectivity index (χ2n) is 2.91. The first kappa shape index (κ1) is 13.1. The molecular weight excluding hydrogens is 340 g/mol. The van der Waals surface area contributed by atoms with E-state index in [0.717, 1.165) is 0 Å². The molecule has 0 bridgehead atoms. The molecule has 0 radical (unpaired) electrons. The Hall–Kier alpha value is -0.930. The fraction of sp³-hybridized carbons (Fsp3) is 0.182. The number of benzene rings is 1. The number of halogens is 2. The molecule has 0 aliphatic heterocycles. The highest BCUT2D eigenvalue weighted by Crippen LogP contribution is 2.31. The summed E-state index contributed by atoms with van der Waals surface area (Å²) in [6, 6.07) is 3.24. The number of carbonyl (C=O) groups excluding carboxylic acids is 1. The van der Waals surface area contributed by atoms with Crippen molar-refractivity contribution in [3.63, 3.8) is 0 Å².